The zero-order chi connectivity index (χ0) is 10.8. The van der Waals surface area contributed by atoms with E-state index in [1.807, 2.05) is 31.2 Å². The summed E-state index contributed by atoms with van der Waals surface area (Å²) >= 11 is 7.49. The molecule has 2 N–H and O–H groups in total. The lowest BCUT2D eigenvalue weighted by molar-refractivity contribution is 0.818. The van der Waals surface area contributed by atoms with Crippen molar-refractivity contribution in [1.29, 1.82) is 0 Å². The molecule has 1 aromatic heterocycles. The van der Waals surface area contributed by atoms with Crippen LogP contribution in [0.4, 0.5) is 0 Å². The summed E-state index contributed by atoms with van der Waals surface area (Å²) in [6, 6.07) is 8.17. The quantitative estimate of drug-likeness (QED) is 0.870. The highest BCUT2D eigenvalue weighted by Crippen LogP contribution is 2.31. The van der Waals surface area contributed by atoms with E-state index in [0.717, 1.165) is 16.0 Å². The van der Waals surface area contributed by atoms with Gasteiger partial charge in [0.1, 0.15) is 5.15 Å². The molecule has 4 heteroatoms. The molecule has 15 heavy (non-hydrogen) atoms. The van der Waals surface area contributed by atoms with Gasteiger partial charge in [0, 0.05) is 6.04 Å². The highest BCUT2D eigenvalue weighted by molar-refractivity contribution is 7.13. The first kappa shape index (κ1) is 10.6. The number of hydrogen-bond donors (Lipinski definition) is 1. The van der Waals surface area contributed by atoms with E-state index in [2.05, 4.69) is 4.98 Å². The lowest BCUT2D eigenvalue weighted by Crippen LogP contribution is -2.04. The Morgan fingerprint density at radius 2 is 2.00 bits per heavy atom. The fraction of sp³-hybridized carbons (Fsp3) is 0.182. The van der Waals surface area contributed by atoms with E-state index in [1.54, 1.807) is 16.8 Å². The number of aromatic nitrogens is 1. The SMILES string of the molecule is C[C@H](N)c1ccc(-c2scnc2Cl)cc1. The molecule has 1 heterocycles. The van der Waals surface area contributed by atoms with Crippen LogP contribution in [0.25, 0.3) is 10.4 Å². The second-order valence-electron chi connectivity index (χ2n) is 3.38. The van der Waals surface area contributed by atoms with Gasteiger partial charge in [-0.3, -0.25) is 0 Å². The normalized spacial score (nSPS) is 12.7. The fourth-order valence-corrected chi connectivity index (χ4v) is 2.39. The maximum Gasteiger partial charge on any atom is 0.147 e. The van der Waals surface area contributed by atoms with Crippen LogP contribution in [0, 0.1) is 0 Å². The lowest BCUT2D eigenvalue weighted by Gasteiger charge is -2.05. The van der Waals surface area contributed by atoms with Crippen LogP contribution in [0.3, 0.4) is 0 Å². The van der Waals surface area contributed by atoms with E-state index in [-0.39, 0.29) is 6.04 Å². The minimum absolute atomic E-state index is 0.0657. The predicted octanol–water partition coefficient (Wildman–Crippen LogP) is 3.48. The van der Waals surface area contributed by atoms with Crippen molar-refractivity contribution in [3.8, 4) is 10.4 Å². The fourth-order valence-electron chi connectivity index (χ4n) is 1.36. The molecule has 0 radical (unpaired) electrons. The van der Waals surface area contributed by atoms with Crippen LogP contribution in [-0.2, 0) is 0 Å². The van der Waals surface area contributed by atoms with Gasteiger partial charge in [-0.25, -0.2) is 4.98 Å². The van der Waals surface area contributed by atoms with E-state index >= 15 is 0 Å². The van der Waals surface area contributed by atoms with Gasteiger partial charge in [0.2, 0.25) is 0 Å². The zero-order valence-corrected chi connectivity index (χ0v) is 9.85. The van der Waals surface area contributed by atoms with E-state index in [1.165, 1.54) is 0 Å². The Morgan fingerprint density at radius 1 is 1.33 bits per heavy atom. The van der Waals surface area contributed by atoms with Crippen molar-refractivity contribution in [1.82, 2.24) is 4.98 Å². The van der Waals surface area contributed by atoms with E-state index in [9.17, 15) is 0 Å². The second-order valence-corrected chi connectivity index (χ2v) is 4.60. The van der Waals surface area contributed by atoms with Crippen LogP contribution in [0.15, 0.2) is 29.8 Å². The Balaban J connectivity index is 2.36. The number of nitrogens with two attached hydrogens (primary N) is 1. The molecule has 2 rings (SSSR count). The van der Waals surface area contributed by atoms with Crippen molar-refractivity contribution in [3.05, 3.63) is 40.5 Å². The first-order chi connectivity index (χ1) is 7.18. The first-order valence-corrected chi connectivity index (χ1v) is 5.89. The Hall–Kier alpha value is -0.900. The van der Waals surface area contributed by atoms with Crippen molar-refractivity contribution in [3.63, 3.8) is 0 Å². The Kier molecular flexibility index (Phi) is 3.05. The molecule has 0 unspecified atom stereocenters. The van der Waals surface area contributed by atoms with E-state index < -0.39 is 0 Å². The number of thiazole rings is 1. The average molecular weight is 239 g/mol. The van der Waals surface area contributed by atoms with Gasteiger partial charge in [-0.15, -0.1) is 11.3 Å². The van der Waals surface area contributed by atoms with Crippen LogP contribution >= 0.6 is 22.9 Å². The topological polar surface area (TPSA) is 38.9 Å². The van der Waals surface area contributed by atoms with E-state index in [0.29, 0.717) is 5.15 Å². The van der Waals surface area contributed by atoms with Crippen molar-refractivity contribution in [2.45, 2.75) is 13.0 Å². The minimum Gasteiger partial charge on any atom is -0.324 e. The summed E-state index contributed by atoms with van der Waals surface area (Å²) in [4.78, 5) is 5.02. The molecule has 78 valence electrons. The smallest absolute Gasteiger partial charge is 0.147 e. The molecule has 1 atom stereocenters. The maximum absolute atomic E-state index is 5.95. The third-order valence-corrected chi connectivity index (χ3v) is 3.50. The van der Waals surface area contributed by atoms with Crippen LogP contribution in [0.5, 0.6) is 0 Å². The highest BCUT2D eigenvalue weighted by Gasteiger charge is 2.06. The highest BCUT2D eigenvalue weighted by atomic mass is 35.5. The average Bonchev–Trinajstić information content (AvgIpc) is 2.65. The molecule has 2 nitrogen and oxygen atoms in total. The summed E-state index contributed by atoms with van der Waals surface area (Å²) in [5.74, 6) is 0. The lowest BCUT2D eigenvalue weighted by atomic mass is 10.1. The third-order valence-electron chi connectivity index (χ3n) is 2.22. The van der Waals surface area contributed by atoms with Gasteiger partial charge in [0.05, 0.1) is 10.4 Å². The van der Waals surface area contributed by atoms with Gasteiger partial charge < -0.3 is 5.73 Å². The Labute approximate surface area is 97.7 Å². The largest absolute Gasteiger partial charge is 0.324 e. The number of nitrogens with zero attached hydrogens (tertiary/aromatic N) is 1. The Bertz CT molecular complexity index is 448. The molecule has 1 aromatic carbocycles. The summed E-state index contributed by atoms with van der Waals surface area (Å²) < 4.78 is 0. The minimum atomic E-state index is 0.0657. The first-order valence-electron chi connectivity index (χ1n) is 4.63. The summed E-state index contributed by atoms with van der Waals surface area (Å²) in [5, 5.41) is 0.563. The van der Waals surface area contributed by atoms with Gasteiger partial charge in [-0.1, -0.05) is 35.9 Å². The summed E-state index contributed by atoms with van der Waals surface area (Å²) in [6.45, 7) is 1.97. The van der Waals surface area contributed by atoms with Crippen LogP contribution in [-0.4, -0.2) is 4.98 Å². The molecule has 0 bridgehead atoms. The monoisotopic (exact) mass is 238 g/mol. The molecule has 0 saturated heterocycles. The van der Waals surface area contributed by atoms with Crippen LogP contribution in [0.2, 0.25) is 5.15 Å². The van der Waals surface area contributed by atoms with Gasteiger partial charge in [0.25, 0.3) is 0 Å². The third kappa shape index (κ3) is 2.20. The van der Waals surface area contributed by atoms with Crippen molar-refractivity contribution in [2.24, 2.45) is 5.73 Å². The molecule has 0 aliphatic heterocycles. The molecule has 0 aliphatic rings. The summed E-state index contributed by atoms with van der Waals surface area (Å²) in [5.41, 5.74) is 9.74. The van der Waals surface area contributed by atoms with Crippen LogP contribution < -0.4 is 5.73 Å². The number of rotatable bonds is 2. The molecule has 0 saturated carbocycles. The number of halogens is 1. The van der Waals surface area contributed by atoms with Gasteiger partial charge in [0.15, 0.2) is 0 Å². The molecule has 0 fully saturated rings. The predicted molar refractivity (Wildman–Crippen MR) is 65.2 cm³/mol. The van der Waals surface area contributed by atoms with Crippen molar-refractivity contribution >= 4 is 22.9 Å². The van der Waals surface area contributed by atoms with E-state index in [4.69, 9.17) is 17.3 Å². The van der Waals surface area contributed by atoms with Gasteiger partial charge in [-0.05, 0) is 18.1 Å². The molecule has 0 amide bonds. The summed E-state index contributed by atoms with van der Waals surface area (Å²) in [6.07, 6.45) is 0. The second kappa shape index (κ2) is 4.31. The standard InChI is InChI=1S/C11H11ClN2S/c1-7(13)8-2-4-9(5-3-8)10-11(12)14-6-15-10/h2-7H,13H2,1H3/t7-/m0/s1. The summed E-state index contributed by atoms with van der Waals surface area (Å²) in [7, 11) is 0. The van der Waals surface area contributed by atoms with Gasteiger partial charge >= 0.3 is 0 Å². The zero-order valence-electron chi connectivity index (χ0n) is 8.27. The van der Waals surface area contributed by atoms with Crippen molar-refractivity contribution in [2.75, 3.05) is 0 Å². The Morgan fingerprint density at radius 3 is 2.47 bits per heavy atom. The molecule has 2 aromatic rings. The van der Waals surface area contributed by atoms with Crippen molar-refractivity contribution < 1.29 is 0 Å². The molecule has 0 aliphatic carbocycles. The molecular weight excluding hydrogens is 228 g/mol. The molecule has 0 spiro atoms. The van der Waals surface area contributed by atoms with Crippen LogP contribution in [0.1, 0.15) is 18.5 Å². The number of benzene rings is 1. The number of hydrogen-bond acceptors (Lipinski definition) is 3. The van der Waals surface area contributed by atoms with Gasteiger partial charge in [-0.2, -0.15) is 0 Å². The molecular formula is C11H11ClN2S. The maximum atomic E-state index is 5.95.